The average molecular weight is 362 g/mol. The molecule has 132 valence electrons. The van der Waals surface area contributed by atoms with Crippen molar-refractivity contribution >= 4 is 21.4 Å². The second-order valence-corrected chi connectivity index (χ2v) is 8.15. The van der Waals surface area contributed by atoms with Crippen LogP contribution in [0.15, 0.2) is 41.3 Å². The summed E-state index contributed by atoms with van der Waals surface area (Å²) in [7, 11) is -3.87. The highest BCUT2D eigenvalue weighted by molar-refractivity contribution is 7.92. The normalized spacial score (nSPS) is 19.1. The molecule has 25 heavy (non-hydrogen) atoms. The molecule has 2 aromatic rings. The van der Waals surface area contributed by atoms with Gasteiger partial charge in [-0.3, -0.25) is 4.72 Å². The van der Waals surface area contributed by atoms with Crippen LogP contribution >= 0.6 is 0 Å². The lowest BCUT2D eigenvalue weighted by molar-refractivity contribution is 0.272. The van der Waals surface area contributed by atoms with Crippen molar-refractivity contribution in [1.82, 2.24) is 0 Å². The van der Waals surface area contributed by atoms with E-state index in [1.165, 1.54) is 12.1 Å². The van der Waals surface area contributed by atoms with Gasteiger partial charge in [-0.2, -0.15) is 0 Å². The van der Waals surface area contributed by atoms with Gasteiger partial charge in [0.1, 0.15) is 18.2 Å². The van der Waals surface area contributed by atoms with Gasteiger partial charge < -0.3 is 9.64 Å². The summed E-state index contributed by atoms with van der Waals surface area (Å²) in [5, 5.41) is 0. The zero-order chi connectivity index (χ0) is 17.6. The SMILES string of the molecule is Cc1ccc(F)cc1S(=O)(=O)Nc1ccc2c(c1)OC[C@H]1CCCN21. The maximum Gasteiger partial charge on any atom is 0.262 e. The van der Waals surface area contributed by atoms with Gasteiger partial charge in [-0.05, 0) is 49.6 Å². The van der Waals surface area contributed by atoms with Crippen molar-refractivity contribution in [2.24, 2.45) is 0 Å². The zero-order valence-electron chi connectivity index (χ0n) is 13.8. The minimum Gasteiger partial charge on any atom is -0.489 e. The molecule has 2 heterocycles. The van der Waals surface area contributed by atoms with E-state index in [0.717, 1.165) is 31.1 Å². The Morgan fingerprint density at radius 1 is 1.24 bits per heavy atom. The third kappa shape index (κ3) is 2.93. The molecule has 0 radical (unpaired) electrons. The molecule has 1 saturated heterocycles. The second-order valence-electron chi connectivity index (χ2n) is 6.50. The summed E-state index contributed by atoms with van der Waals surface area (Å²) in [6.45, 7) is 3.25. The highest BCUT2D eigenvalue weighted by Gasteiger charge is 2.31. The molecule has 5 nitrogen and oxygen atoms in total. The topological polar surface area (TPSA) is 58.6 Å². The van der Waals surface area contributed by atoms with Gasteiger partial charge in [0.15, 0.2) is 0 Å². The van der Waals surface area contributed by atoms with Crippen LogP contribution < -0.4 is 14.4 Å². The van der Waals surface area contributed by atoms with Crippen molar-refractivity contribution in [2.75, 3.05) is 22.8 Å². The Bertz CT molecular complexity index is 930. The molecule has 2 aliphatic heterocycles. The summed E-state index contributed by atoms with van der Waals surface area (Å²) in [6, 6.07) is 9.42. The van der Waals surface area contributed by atoms with Crippen LogP contribution in [0.5, 0.6) is 5.75 Å². The maximum atomic E-state index is 13.4. The first-order chi connectivity index (χ1) is 11.9. The second kappa shape index (κ2) is 5.91. The average Bonchev–Trinajstić information content (AvgIpc) is 3.05. The minimum atomic E-state index is -3.87. The van der Waals surface area contributed by atoms with Gasteiger partial charge in [-0.1, -0.05) is 6.07 Å². The van der Waals surface area contributed by atoms with Gasteiger partial charge >= 0.3 is 0 Å². The molecule has 0 aliphatic carbocycles. The molecule has 0 bridgehead atoms. The van der Waals surface area contributed by atoms with Gasteiger partial charge in [0.05, 0.1) is 22.3 Å². The number of fused-ring (bicyclic) bond motifs is 3. The van der Waals surface area contributed by atoms with Crippen LogP contribution in [0.25, 0.3) is 0 Å². The smallest absolute Gasteiger partial charge is 0.262 e. The Labute approximate surface area is 146 Å². The van der Waals surface area contributed by atoms with Crippen molar-refractivity contribution in [1.29, 1.82) is 0 Å². The molecule has 2 aliphatic rings. The lowest BCUT2D eigenvalue weighted by Crippen LogP contribution is -2.38. The van der Waals surface area contributed by atoms with E-state index in [1.54, 1.807) is 19.1 Å². The van der Waals surface area contributed by atoms with Crippen LogP contribution in [0.1, 0.15) is 18.4 Å². The van der Waals surface area contributed by atoms with E-state index in [0.29, 0.717) is 29.6 Å². The van der Waals surface area contributed by atoms with Crippen molar-refractivity contribution < 1.29 is 17.5 Å². The summed E-state index contributed by atoms with van der Waals surface area (Å²) in [5.74, 6) is 0.0918. The lowest BCUT2D eigenvalue weighted by atomic mass is 10.1. The number of nitrogens with one attached hydrogen (secondary N) is 1. The molecule has 0 aromatic heterocycles. The highest BCUT2D eigenvalue weighted by atomic mass is 32.2. The van der Waals surface area contributed by atoms with Crippen molar-refractivity contribution in [2.45, 2.75) is 30.7 Å². The first-order valence-corrected chi connectivity index (χ1v) is 9.75. The molecule has 0 unspecified atom stereocenters. The van der Waals surface area contributed by atoms with Gasteiger partial charge in [0, 0.05) is 12.6 Å². The molecular formula is C18H19FN2O3S. The van der Waals surface area contributed by atoms with E-state index in [9.17, 15) is 12.8 Å². The number of sulfonamides is 1. The van der Waals surface area contributed by atoms with E-state index >= 15 is 0 Å². The Morgan fingerprint density at radius 3 is 2.92 bits per heavy atom. The lowest BCUT2D eigenvalue weighted by Gasteiger charge is -2.33. The molecule has 1 N–H and O–H groups in total. The summed E-state index contributed by atoms with van der Waals surface area (Å²) in [6.07, 6.45) is 2.26. The summed E-state index contributed by atoms with van der Waals surface area (Å²) < 4.78 is 47.0. The van der Waals surface area contributed by atoms with E-state index in [2.05, 4.69) is 9.62 Å². The number of hydrogen-bond acceptors (Lipinski definition) is 4. The molecule has 1 fully saturated rings. The van der Waals surface area contributed by atoms with Crippen LogP contribution in [0.4, 0.5) is 15.8 Å². The van der Waals surface area contributed by atoms with Crippen LogP contribution in [0.2, 0.25) is 0 Å². The molecule has 0 spiro atoms. The number of rotatable bonds is 3. The number of aryl methyl sites for hydroxylation is 1. The Hall–Kier alpha value is -2.28. The molecule has 2 aromatic carbocycles. The number of hydrogen-bond donors (Lipinski definition) is 1. The Balaban J connectivity index is 1.64. The van der Waals surface area contributed by atoms with Crippen LogP contribution in [-0.2, 0) is 10.0 Å². The zero-order valence-corrected chi connectivity index (χ0v) is 14.6. The fourth-order valence-electron chi connectivity index (χ4n) is 3.52. The van der Waals surface area contributed by atoms with E-state index in [-0.39, 0.29) is 4.90 Å². The predicted molar refractivity (Wildman–Crippen MR) is 94.3 cm³/mol. The fourth-order valence-corrected chi connectivity index (χ4v) is 4.82. The van der Waals surface area contributed by atoms with E-state index in [1.807, 2.05) is 6.07 Å². The Morgan fingerprint density at radius 2 is 2.08 bits per heavy atom. The van der Waals surface area contributed by atoms with E-state index < -0.39 is 15.8 Å². The van der Waals surface area contributed by atoms with Gasteiger partial charge in [0.2, 0.25) is 0 Å². The van der Waals surface area contributed by atoms with E-state index in [4.69, 9.17) is 4.74 Å². The predicted octanol–water partition coefficient (Wildman–Crippen LogP) is 3.30. The molecule has 4 rings (SSSR count). The van der Waals surface area contributed by atoms with Crippen LogP contribution in [0.3, 0.4) is 0 Å². The third-order valence-corrected chi connectivity index (χ3v) is 6.29. The minimum absolute atomic E-state index is 0.0641. The first kappa shape index (κ1) is 16.2. The number of nitrogens with zero attached hydrogens (tertiary/aromatic N) is 1. The molecule has 1 atom stereocenters. The van der Waals surface area contributed by atoms with Crippen molar-refractivity contribution in [3.8, 4) is 5.75 Å². The van der Waals surface area contributed by atoms with Crippen molar-refractivity contribution in [3.05, 3.63) is 47.8 Å². The number of ether oxygens (including phenoxy) is 1. The summed E-state index contributed by atoms with van der Waals surface area (Å²) >= 11 is 0. The Kier molecular flexibility index (Phi) is 3.83. The van der Waals surface area contributed by atoms with Crippen LogP contribution in [0, 0.1) is 12.7 Å². The van der Waals surface area contributed by atoms with Gasteiger partial charge in [-0.25, -0.2) is 12.8 Å². The summed E-state index contributed by atoms with van der Waals surface area (Å²) in [5.41, 5.74) is 1.89. The fraction of sp³-hybridized carbons (Fsp3) is 0.333. The van der Waals surface area contributed by atoms with Crippen molar-refractivity contribution in [3.63, 3.8) is 0 Å². The van der Waals surface area contributed by atoms with Crippen LogP contribution in [-0.4, -0.2) is 27.6 Å². The number of halogens is 1. The molecule has 7 heteroatoms. The number of benzene rings is 2. The third-order valence-electron chi connectivity index (χ3n) is 4.77. The quantitative estimate of drug-likeness (QED) is 0.910. The van der Waals surface area contributed by atoms with Gasteiger partial charge in [-0.15, -0.1) is 0 Å². The summed E-state index contributed by atoms with van der Waals surface area (Å²) in [4.78, 5) is 2.25. The van der Waals surface area contributed by atoms with Gasteiger partial charge in [0.25, 0.3) is 10.0 Å². The molecule has 0 amide bonds. The molecule has 0 saturated carbocycles. The largest absolute Gasteiger partial charge is 0.489 e. The number of anilines is 2. The monoisotopic (exact) mass is 362 g/mol. The first-order valence-electron chi connectivity index (χ1n) is 8.26. The highest BCUT2D eigenvalue weighted by Crippen LogP contribution is 2.39. The standard InChI is InChI=1S/C18H19FN2O3S/c1-12-4-5-13(19)9-18(12)25(22,23)20-14-6-7-16-17(10-14)24-11-15-3-2-8-21(15)16/h4-7,9-10,15,20H,2-3,8,11H2,1H3/t15-/m1/s1. The maximum absolute atomic E-state index is 13.4. The molecular weight excluding hydrogens is 343 g/mol.